The highest BCUT2D eigenvalue weighted by molar-refractivity contribution is 5.98. The van der Waals surface area contributed by atoms with E-state index in [1.165, 1.54) is 44.6 Å². The number of ether oxygens (including phenoxy) is 4. The lowest BCUT2D eigenvalue weighted by Crippen LogP contribution is -2.19. The van der Waals surface area contributed by atoms with Gasteiger partial charge in [0.25, 0.3) is 0 Å². The Kier molecular flexibility index (Phi) is 6.33. The predicted molar refractivity (Wildman–Crippen MR) is 86.7 cm³/mol. The first-order chi connectivity index (χ1) is 12.0. The van der Waals surface area contributed by atoms with Crippen LogP contribution in [0.3, 0.4) is 0 Å². The Hall–Kier alpha value is -3.09. The zero-order chi connectivity index (χ0) is 18.2. The summed E-state index contributed by atoms with van der Waals surface area (Å²) in [5.74, 6) is -0.975. The second kappa shape index (κ2) is 8.68. The van der Waals surface area contributed by atoms with Crippen molar-refractivity contribution >= 4 is 11.8 Å². The maximum atomic E-state index is 13.4. The molecule has 0 bridgehead atoms. The van der Waals surface area contributed by atoms with Gasteiger partial charge in [-0.1, -0.05) is 12.1 Å². The monoisotopic (exact) mass is 348 g/mol. The van der Waals surface area contributed by atoms with Gasteiger partial charge in [0.1, 0.15) is 0 Å². The van der Waals surface area contributed by atoms with E-state index in [0.29, 0.717) is 17.1 Å². The summed E-state index contributed by atoms with van der Waals surface area (Å²) in [6.07, 6.45) is 0. The highest BCUT2D eigenvalue weighted by Gasteiger charge is 2.14. The van der Waals surface area contributed by atoms with E-state index in [1.807, 2.05) is 0 Å². The molecule has 0 saturated heterocycles. The molecule has 25 heavy (non-hydrogen) atoms. The number of esters is 1. The molecule has 0 saturated carbocycles. The average Bonchev–Trinajstić information content (AvgIpc) is 2.64. The van der Waals surface area contributed by atoms with Crippen molar-refractivity contribution in [3.63, 3.8) is 0 Å². The molecule has 0 N–H and O–H groups in total. The standard InChI is InChI=1S/C18H17FO6/c1-22-16-8-7-12(9-17(16)23-2)14(20)10-25-18(21)11-24-15-6-4-3-5-13(15)19/h3-9H,10-11H2,1-2H3. The van der Waals surface area contributed by atoms with Gasteiger partial charge in [-0.25, -0.2) is 9.18 Å². The Bertz CT molecular complexity index is 759. The molecular weight excluding hydrogens is 331 g/mol. The fraction of sp³-hybridized carbons (Fsp3) is 0.222. The van der Waals surface area contributed by atoms with Gasteiger partial charge in [-0.3, -0.25) is 4.79 Å². The smallest absolute Gasteiger partial charge is 0.344 e. The summed E-state index contributed by atoms with van der Waals surface area (Å²) in [6.45, 7) is -0.963. The molecule has 0 heterocycles. The Morgan fingerprint density at radius 1 is 0.920 bits per heavy atom. The summed E-state index contributed by atoms with van der Waals surface area (Å²) in [5, 5.41) is 0. The van der Waals surface area contributed by atoms with Crippen LogP contribution in [-0.2, 0) is 9.53 Å². The maximum Gasteiger partial charge on any atom is 0.344 e. The first-order valence-electron chi connectivity index (χ1n) is 7.33. The summed E-state index contributed by atoms with van der Waals surface area (Å²) >= 11 is 0. The number of ketones is 1. The number of hydrogen-bond donors (Lipinski definition) is 0. The lowest BCUT2D eigenvalue weighted by atomic mass is 10.1. The molecule has 0 aliphatic heterocycles. The van der Waals surface area contributed by atoms with Crippen molar-refractivity contribution < 1.29 is 32.9 Å². The van der Waals surface area contributed by atoms with E-state index >= 15 is 0 Å². The topological polar surface area (TPSA) is 71.1 Å². The van der Waals surface area contributed by atoms with Crippen LogP contribution in [0.25, 0.3) is 0 Å². The maximum absolute atomic E-state index is 13.4. The molecule has 0 unspecified atom stereocenters. The van der Waals surface area contributed by atoms with Gasteiger partial charge in [-0.2, -0.15) is 0 Å². The van der Waals surface area contributed by atoms with Crippen LogP contribution in [0.4, 0.5) is 4.39 Å². The van der Waals surface area contributed by atoms with E-state index in [4.69, 9.17) is 18.9 Å². The second-order valence-corrected chi connectivity index (χ2v) is 4.87. The zero-order valence-electron chi connectivity index (χ0n) is 13.8. The molecule has 0 aromatic heterocycles. The Labute approximate surface area is 144 Å². The largest absolute Gasteiger partial charge is 0.493 e. The Balaban J connectivity index is 1.87. The molecule has 0 spiro atoms. The molecule has 2 rings (SSSR count). The average molecular weight is 348 g/mol. The van der Waals surface area contributed by atoms with Crippen molar-refractivity contribution in [2.45, 2.75) is 0 Å². The normalized spacial score (nSPS) is 10.0. The highest BCUT2D eigenvalue weighted by Crippen LogP contribution is 2.27. The van der Waals surface area contributed by atoms with Crippen LogP contribution in [0, 0.1) is 5.82 Å². The minimum atomic E-state index is -0.780. The van der Waals surface area contributed by atoms with Crippen LogP contribution in [0.5, 0.6) is 17.2 Å². The second-order valence-electron chi connectivity index (χ2n) is 4.87. The third-order valence-corrected chi connectivity index (χ3v) is 3.25. The number of hydrogen-bond acceptors (Lipinski definition) is 6. The number of carbonyl (C=O) groups excluding carboxylic acids is 2. The minimum Gasteiger partial charge on any atom is -0.493 e. The number of para-hydroxylation sites is 1. The van der Waals surface area contributed by atoms with E-state index in [2.05, 4.69) is 0 Å². The minimum absolute atomic E-state index is 0.0642. The fourth-order valence-corrected chi connectivity index (χ4v) is 1.98. The molecule has 2 aromatic rings. The van der Waals surface area contributed by atoms with Gasteiger partial charge in [0.05, 0.1) is 14.2 Å². The summed E-state index contributed by atoms with van der Waals surface area (Å²) in [7, 11) is 2.93. The fourth-order valence-electron chi connectivity index (χ4n) is 1.98. The highest BCUT2D eigenvalue weighted by atomic mass is 19.1. The van der Waals surface area contributed by atoms with E-state index in [-0.39, 0.29) is 5.75 Å². The molecule has 6 nitrogen and oxygen atoms in total. The molecule has 0 aliphatic rings. The molecule has 0 amide bonds. The molecule has 7 heteroatoms. The summed E-state index contributed by atoms with van der Waals surface area (Å²) < 4.78 is 33.4. The van der Waals surface area contributed by atoms with Crippen molar-refractivity contribution in [3.05, 3.63) is 53.8 Å². The van der Waals surface area contributed by atoms with Gasteiger partial charge in [-0.05, 0) is 30.3 Å². The number of rotatable bonds is 8. The zero-order valence-corrected chi connectivity index (χ0v) is 13.8. The first-order valence-corrected chi connectivity index (χ1v) is 7.33. The van der Waals surface area contributed by atoms with Crippen LogP contribution in [0.1, 0.15) is 10.4 Å². The van der Waals surface area contributed by atoms with Gasteiger partial charge in [0.15, 0.2) is 42.1 Å². The van der Waals surface area contributed by atoms with Crippen LogP contribution in [0.15, 0.2) is 42.5 Å². The predicted octanol–water partition coefficient (Wildman–Crippen LogP) is 2.65. The van der Waals surface area contributed by atoms with Crippen molar-refractivity contribution in [3.8, 4) is 17.2 Å². The molecule has 132 valence electrons. The van der Waals surface area contributed by atoms with E-state index < -0.39 is 30.8 Å². The van der Waals surface area contributed by atoms with Crippen LogP contribution >= 0.6 is 0 Å². The number of halogens is 1. The number of Topliss-reactive ketones (excluding diaryl/α,β-unsaturated/α-hetero) is 1. The lowest BCUT2D eigenvalue weighted by Gasteiger charge is -2.10. The Morgan fingerprint density at radius 3 is 2.32 bits per heavy atom. The van der Waals surface area contributed by atoms with Gasteiger partial charge in [0.2, 0.25) is 0 Å². The van der Waals surface area contributed by atoms with Crippen molar-refractivity contribution in [2.75, 3.05) is 27.4 Å². The van der Waals surface area contributed by atoms with Gasteiger partial charge >= 0.3 is 5.97 Å². The van der Waals surface area contributed by atoms with Crippen molar-refractivity contribution in [1.29, 1.82) is 0 Å². The summed E-state index contributed by atoms with van der Waals surface area (Å²) in [4.78, 5) is 23.7. The lowest BCUT2D eigenvalue weighted by molar-refractivity contribution is -0.144. The SMILES string of the molecule is COc1ccc(C(=O)COC(=O)COc2ccccc2F)cc1OC. The first kappa shape index (κ1) is 18.3. The molecule has 0 aliphatic carbocycles. The van der Waals surface area contributed by atoms with E-state index in [1.54, 1.807) is 12.1 Å². The third kappa shape index (κ3) is 4.94. The van der Waals surface area contributed by atoms with Gasteiger partial charge < -0.3 is 18.9 Å². The van der Waals surface area contributed by atoms with Gasteiger partial charge in [-0.15, -0.1) is 0 Å². The molecule has 0 fully saturated rings. The number of benzene rings is 2. The summed E-state index contributed by atoms with van der Waals surface area (Å²) in [5.41, 5.74) is 0.306. The Morgan fingerprint density at radius 2 is 1.64 bits per heavy atom. The number of methoxy groups -OCH3 is 2. The molecule has 2 aromatic carbocycles. The van der Waals surface area contributed by atoms with Gasteiger partial charge in [0, 0.05) is 5.56 Å². The summed E-state index contributed by atoms with van der Waals surface area (Å²) in [6, 6.07) is 10.3. The third-order valence-electron chi connectivity index (χ3n) is 3.25. The molecule has 0 atom stereocenters. The van der Waals surface area contributed by atoms with Crippen molar-refractivity contribution in [1.82, 2.24) is 0 Å². The van der Waals surface area contributed by atoms with Crippen LogP contribution in [0.2, 0.25) is 0 Å². The van der Waals surface area contributed by atoms with E-state index in [0.717, 1.165) is 0 Å². The number of carbonyl (C=O) groups is 2. The quantitative estimate of drug-likeness (QED) is 0.539. The molecule has 0 radical (unpaired) electrons. The van der Waals surface area contributed by atoms with Crippen molar-refractivity contribution in [2.24, 2.45) is 0 Å². The molecular formula is C18H17FO6. The van der Waals surface area contributed by atoms with Crippen LogP contribution in [-0.4, -0.2) is 39.2 Å². The van der Waals surface area contributed by atoms with Crippen LogP contribution < -0.4 is 14.2 Å². The van der Waals surface area contributed by atoms with E-state index in [9.17, 15) is 14.0 Å².